The second-order valence-corrected chi connectivity index (χ2v) is 11.2. The van der Waals surface area contributed by atoms with Gasteiger partial charge in [0.25, 0.3) is 0 Å². The molecule has 21 heavy (non-hydrogen) atoms. The minimum absolute atomic E-state index is 0.365. The quantitative estimate of drug-likeness (QED) is 0.541. The number of rotatable bonds is 6. The first kappa shape index (κ1) is 15.6. The van der Waals surface area contributed by atoms with Gasteiger partial charge in [0.15, 0.2) is 0 Å². The van der Waals surface area contributed by atoms with E-state index in [1.807, 2.05) is 62.4 Å². The van der Waals surface area contributed by atoms with Gasteiger partial charge in [0, 0.05) is 0 Å². The summed E-state index contributed by atoms with van der Waals surface area (Å²) in [7, 11) is 0. The van der Waals surface area contributed by atoms with Gasteiger partial charge in [0.2, 0.25) is 0 Å². The van der Waals surface area contributed by atoms with Crippen molar-refractivity contribution in [3.8, 4) is 0 Å². The van der Waals surface area contributed by atoms with E-state index in [-0.39, 0.29) is 0 Å². The molecule has 2 aromatic carbocycles. The van der Waals surface area contributed by atoms with Crippen molar-refractivity contribution in [3.05, 3.63) is 59.7 Å². The molecule has 2 aromatic rings. The zero-order valence-electron chi connectivity index (χ0n) is 11.8. The summed E-state index contributed by atoms with van der Waals surface area (Å²) in [6, 6.07) is 15.0. The SMILES string of the molecule is Cc1ccc([Te](OC=O)(OC=O)c2ccc(C)cc2)cc1. The molecule has 0 bridgehead atoms. The normalized spacial score (nSPS) is 11.5. The van der Waals surface area contributed by atoms with Crippen LogP contribution in [0.15, 0.2) is 48.5 Å². The van der Waals surface area contributed by atoms with Crippen LogP contribution in [0.25, 0.3) is 0 Å². The molecule has 0 aromatic heterocycles. The van der Waals surface area contributed by atoms with E-state index in [2.05, 4.69) is 0 Å². The Labute approximate surface area is 128 Å². The third-order valence-electron chi connectivity index (χ3n) is 3.01. The zero-order valence-corrected chi connectivity index (χ0v) is 14.1. The van der Waals surface area contributed by atoms with E-state index in [9.17, 15) is 9.59 Å². The molecule has 2 rings (SSSR count). The third-order valence-corrected chi connectivity index (χ3v) is 10.1. The predicted octanol–water partition coefficient (Wildman–Crippen LogP) is 1.21. The van der Waals surface area contributed by atoms with Gasteiger partial charge in [0.05, 0.1) is 0 Å². The van der Waals surface area contributed by atoms with E-state index >= 15 is 0 Å². The van der Waals surface area contributed by atoms with E-state index < -0.39 is 19.0 Å². The Kier molecular flexibility index (Phi) is 5.00. The monoisotopic (exact) mass is 402 g/mol. The van der Waals surface area contributed by atoms with E-state index in [0.717, 1.165) is 18.3 Å². The second-order valence-electron chi connectivity index (χ2n) is 4.51. The van der Waals surface area contributed by atoms with Crippen molar-refractivity contribution in [3.63, 3.8) is 0 Å². The Bertz CT molecular complexity index is 562. The van der Waals surface area contributed by atoms with Crippen molar-refractivity contribution < 1.29 is 15.8 Å². The van der Waals surface area contributed by atoms with Crippen molar-refractivity contribution in [2.45, 2.75) is 13.8 Å². The summed E-state index contributed by atoms with van der Waals surface area (Å²) >= 11 is -3.98. The Morgan fingerprint density at radius 1 is 0.714 bits per heavy atom. The molecule has 0 atom stereocenters. The van der Waals surface area contributed by atoms with E-state index in [1.165, 1.54) is 0 Å². The third kappa shape index (κ3) is 3.26. The van der Waals surface area contributed by atoms with Crippen molar-refractivity contribution >= 4 is 39.2 Å². The van der Waals surface area contributed by atoms with Crippen molar-refractivity contribution in [1.29, 1.82) is 0 Å². The molecule has 5 heteroatoms. The molecule has 0 heterocycles. The number of hydrogen-bond donors (Lipinski definition) is 0. The molecule has 0 aliphatic heterocycles. The predicted molar refractivity (Wildman–Crippen MR) is 81.7 cm³/mol. The second kappa shape index (κ2) is 6.75. The summed E-state index contributed by atoms with van der Waals surface area (Å²) in [5.74, 6) is 0. The summed E-state index contributed by atoms with van der Waals surface area (Å²) < 4.78 is 12.3. The van der Waals surface area contributed by atoms with Crippen LogP contribution in [-0.2, 0) is 15.8 Å². The van der Waals surface area contributed by atoms with Crippen LogP contribution in [0.1, 0.15) is 11.1 Å². The maximum atomic E-state index is 11.0. The van der Waals surface area contributed by atoms with Gasteiger partial charge < -0.3 is 0 Å². The van der Waals surface area contributed by atoms with Crippen molar-refractivity contribution in [2.75, 3.05) is 0 Å². The van der Waals surface area contributed by atoms with Gasteiger partial charge >= 0.3 is 128 Å². The fourth-order valence-electron chi connectivity index (χ4n) is 1.93. The van der Waals surface area contributed by atoms with Crippen LogP contribution in [-0.4, -0.2) is 31.9 Å². The molecule has 0 unspecified atom stereocenters. The molecule has 0 aliphatic carbocycles. The Morgan fingerprint density at radius 3 is 1.33 bits per heavy atom. The van der Waals surface area contributed by atoms with Gasteiger partial charge in [-0.1, -0.05) is 0 Å². The summed E-state index contributed by atoms with van der Waals surface area (Å²) in [5.41, 5.74) is 2.16. The van der Waals surface area contributed by atoms with Gasteiger partial charge in [-0.2, -0.15) is 0 Å². The Hall–Kier alpha value is -1.83. The van der Waals surface area contributed by atoms with Crippen LogP contribution in [0.2, 0.25) is 0 Å². The van der Waals surface area contributed by atoms with Crippen LogP contribution < -0.4 is 7.22 Å². The maximum absolute atomic E-state index is 11.0. The number of benzene rings is 2. The number of aryl methyl sites for hydroxylation is 2. The molecular formula is C16H16O4Te. The fourth-order valence-corrected chi connectivity index (χ4v) is 7.55. The topological polar surface area (TPSA) is 52.6 Å². The first-order chi connectivity index (χ1) is 10.1. The van der Waals surface area contributed by atoms with E-state index in [1.54, 1.807) is 0 Å². The first-order valence-corrected chi connectivity index (χ1v) is 10.6. The molecular weight excluding hydrogens is 384 g/mol. The molecule has 0 aliphatic rings. The Morgan fingerprint density at radius 2 is 1.05 bits per heavy atom. The molecule has 110 valence electrons. The average molecular weight is 400 g/mol. The number of carbonyl (C=O) groups excluding carboxylic acids is 2. The summed E-state index contributed by atoms with van der Waals surface area (Å²) in [6.07, 6.45) is 0. The molecule has 0 amide bonds. The molecule has 0 N–H and O–H groups in total. The van der Waals surface area contributed by atoms with E-state index in [0.29, 0.717) is 12.9 Å². The fraction of sp³-hybridized carbons (Fsp3) is 0.125. The Balaban J connectivity index is 2.61. The molecule has 0 saturated carbocycles. The van der Waals surface area contributed by atoms with E-state index in [4.69, 9.17) is 6.20 Å². The van der Waals surface area contributed by atoms with Crippen molar-refractivity contribution in [2.24, 2.45) is 0 Å². The van der Waals surface area contributed by atoms with Crippen molar-refractivity contribution in [1.82, 2.24) is 0 Å². The summed E-state index contributed by atoms with van der Waals surface area (Å²) in [6.45, 7) is 4.66. The molecule has 0 fully saturated rings. The van der Waals surface area contributed by atoms with Crippen LogP contribution in [0.4, 0.5) is 0 Å². The minimum atomic E-state index is -3.98. The van der Waals surface area contributed by atoms with Crippen LogP contribution in [0, 0.1) is 13.8 Å². The average Bonchev–Trinajstić information content (AvgIpc) is 2.48. The zero-order chi connectivity index (χ0) is 15.3. The first-order valence-electron chi connectivity index (χ1n) is 6.33. The van der Waals surface area contributed by atoms with Gasteiger partial charge in [-0.15, -0.1) is 0 Å². The number of hydrogen-bond acceptors (Lipinski definition) is 4. The molecule has 0 spiro atoms. The summed E-state index contributed by atoms with van der Waals surface area (Å²) in [4.78, 5) is 22.0. The van der Waals surface area contributed by atoms with Crippen LogP contribution >= 0.6 is 0 Å². The molecule has 0 radical (unpaired) electrons. The standard InChI is InChI=1S/C16H16O4Te/c1-13-3-7-15(8-4-13)21(19-11-17,20-12-18)16-9-5-14(2)6-10-16/h3-12H,1-2H3. The van der Waals surface area contributed by atoms with Gasteiger partial charge in [-0.25, -0.2) is 0 Å². The summed E-state index contributed by atoms with van der Waals surface area (Å²) in [5, 5.41) is 0. The van der Waals surface area contributed by atoms with Gasteiger partial charge in [-0.05, 0) is 0 Å². The van der Waals surface area contributed by atoms with Crippen LogP contribution in [0.3, 0.4) is 0 Å². The molecule has 4 nitrogen and oxygen atoms in total. The van der Waals surface area contributed by atoms with Gasteiger partial charge in [-0.3, -0.25) is 0 Å². The van der Waals surface area contributed by atoms with Gasteiger partial charge in [0.1, 0.15) is 0 Å². The number of carbonyl (C=O) groups is 2. The molecule has 0 saturated heterocycles. The van der Waals surface area contributed by atoms with Crippen LogP contribution in [0.5, 0.6) is 0 Å².